The van der Waals surface area contributed by atoms with Crippen LogP contribution in [-0.4, -0.2) is 18.0 Å². The number of aryl methyl sites for hydroxylation is 1. The fourth-order valence-electron chi connectivity index (χ4n) is 2.18. The van der Waals surface area contributed by atoms with Gasteiger partial charge in [-0.1, -0.05) is 29.8 Å². The molecular formula is C14H18O2. The number of carbonyl (C=O) groups excluding carboxylic acids is 1. The van der Waals surface area contributed by atoms with Gasteiger partial charge in [-0.25, -0.2) is 0 Å². The highest BCUT2D eigenvalue weighted by molar-refractivity contribution is 5.85. The zero-order valence-corrected chi connectivity index (χ0v) is 9.90. The Balaban J connectivity index is 1.97. The minimum atomic E-state index is -0.171. The molecule has 16 heavy (non-hydrogen) atoms. The van der Waals surface area contributed by atoms with Crippen LogP contribution in [0.15, 0.2) is 24.3 Å². The molecule has 0 spiro atoms. The van der Waals surface area contributed by atoms with Crippen LogP contribution in [0.5, 0.6) is 0 Å². The Hall–Kier alpha value is -1.15. The SMILES string of the molecule is Cc1cccc(CC(=O)C2CCC(C)O2)c1. The van der Waals surface area contributed by atoms with Gasteiger partial charge in [0.15, 0.2) is 5.78 Å². The molecule has 1 aliphatic rings. The maximum atomic E-state index is 11.9. The van der Waals surface area contributed by atoms with Gasteiger partial charge in [0.05, 0.1) is 6.10 Å². The molecule has 0 radical (unpaired) electrons. The van der Waals surface area contributed by atoms with Crippen molar-refractivity contribution in [2.75, 3.05) is 0 Å². The summed E-state index contributed by atoms with van der Waals surface area (Å²) in [7, 11) is 0. The molecule has 0 bridgehead atoms. The molecule has 1 fully saturated rings. The molecular weight excluding hydrogens is 200 g/mol. The van der Waals surface area contributed by atoms with Crippen LogP contribution in [0, 0.1) is 6.92 Å². The molecule has 0 aromatic heterocycles. The number of Topliss-reactive ketones (excluding diaryl/α,β-unsaturated/α-hetero) is 1. The van der Waals surface area contributed by atoms with Crippen molar-refractivity contribution >= 4 is 5.78 Å². The van der Waals surface area contributed by atoms with Gasteiger partial charge in [0.1, 0.15) is 6.10 Å². The molecule has 0 saturated carbocycles. The predicted octanol–water partition coefficient (Wildman–Crippen LogP) is 2.67. The highest BCUT2D eigenvalue weighted by atomic mass is 16.5. The first-order valence-corrected chi connectivity index (χ1v) is 5.89. The monoisotopic (exact) mass is 218 g/mol. The molecule has 2 rings (SSSR count). The largest absolute Gasteiger partial charge is 0.367 e. The topological polar surface area (TPSA) is 26.3 Å². The highest BCUT2D eigenvalue weighted by Crippen LogP contribution is 2.21. The van der Waals surface area contributed by atoms with E-state index < -0.39 is 0 Å². The summed E-state index contributed by atoms with van der Waals surface area (Å²) in [6, 6.07) is 8.11. The van der Waals surface area contributed by atoms with Crippen LogP contribution in [0.25, 0.3) is 0 Å². The van der Waals surface area contributed by atoms with E-state index in [1.54, 1.807) is 0 Å². The predicted molar refractivity (Wildman–Crippen MR) is 63.5 cm³/mol. The highest BCUT2D eigenvalue weighted by Gasteiger charge is 2.27. The van der Waals surface area contributed by atoms with Crippen LogP contribution < -0.4 is 0 Å². The standard InChI is InChI=1S/C14H18O2/c1-10-4-3-5-12(8-10)9-13(15)14-7-6-11(2)16-14/h3-5,8,11,14H,6-7,9H2,1-2H3. The first-order valence-electron chi connectivity index (χ1n) is 5.89. The minimum absolute atomic E-state index is 0.171. The third-order valence-electron chi connectivity index (χ3n) is 3.05. The van der Waals surface area contributed by atoms with Crippen LogP contribution in [0.3, 0.4) is 0 Å². The lowest BCUT2D eigenvalue weighted by Crippen LogP contribution is -2.22. The van der Waals surface area contributed by atoms with E-state index in [0.29, 0.717) is 6.42 Å². The average molecular weight is 218 g/mol. The van der Waals surface area contributed by atoms with Crippen LogP contribution in [-0.2, 0) is 16.0 Å². The normalized spacial score (nSPS) is 24.6. The fourth-order valence-corrected chi connectivity index (χ4v) is 2.18. The third-order valence-corrected chi connectivity index (χ3v) is 3.05. The Morgan fingerprint density at radius 2 is 2.25 bits per heavy atom. The zero-order valence-electron chi connectivity index (χ0n) is 9.90. The Morgan fingerprint density at radius 3 is 2.88 bits per heavy atom. The fraction of sp³-hybridized carbons (Fsp3) is 0.500. The number of ketones is 1. The van der Waals surface area contributed by atoms with E-state index in [2.05, 4.69) is 6.07 Å². The van der Waals surface area contributed by atoms with Crippen LogP contribution >= 0.6 is 0 Å². The molecule has 2 atom stereocenters. The van der Waals surface area contributed by atoms with E-state index in [9.17, 15) is 4.79 Å². The number of ether oxygens (including phenoxy) is 1. The van der Waals surface area contributed by atoms with Crippen molar-refractivity contribution in [2.24, 2.45) is 0 Å². The van der Waals surface area contributed by atoms with Gasteiger partial charge >= 0.3 is 0 Å². The summed E-state index contributed by atoms with van der Waals surface area (Å²) in [5, 5.41) is 0. The maximum Gasteiger partial charge on any atom is 0.165 e. The first-order chi connectivity index (χ1) is 7.65. The molecule has 0 aliphatic carbocycles. The van der Waals surface area contributed by atoms with Crippen molar-refractivity contribution in [2.45, 2.75) is 45.3 Å². The Morgan fingerprint density at radius 1 is 1.44 bits per heavy atom. The van der Waals surface area contributed by atoms with E-state index in [1.807, 2.05) is 32.0 Å². The van der Waals surface area contributed by atoms with E-state index in [1.165, 1.54) is 5.56 Å². The lowest BCUT2D eigenvalue weighted by atomic mass is 10.0. The molecule has 2 nitrogen and oxygen atoms in total. The van der Waals surface area contributed by atoms with Crippen molar-refractivity contribution in [3.05, 3.63) is 35.4 Å². The van der Waals surface area contributed by atoms with E-state index in [4.69, 9.17) is 4.74 Å². The van der Waals surface area contributed by atoms with Crippen LogP contribution in [0.2, 0.25) is 0 Å². The van der Waals surface area contributed by atoms with E-state index in [0.717, 1.165) is 18.4 Å². The molecule has 1 aromatic carbocycles. The van der Waals surface area contributed by atoms with E-state index in [-0.39, 0.29) is 18.0 Å². The van der Waals surface area contributed by atoms with Crippen molar-refractivity contribution in [1.82, 2.24) is 0 Å². The second kappa shape index (κ2) is 4.79. The van der Waals surface area contributed by atoms with Gasteiger partial charge in [0, 0.05) is 6.42 Å². The second-order valence-electron chi connectivity index (χ2n) is 4.64. The summed E-state index contributed by atoms with van der Waals surface area (Å²) in [6.07, 6.45) is 2.46. The lowest BCUT2D eigenvalue weighted by molar-refractivity contribution is -0.128. The summed E-state index contributed by atoms with van der Waals surface area (Å²) in [5.41, 5.74) is 2.29. The third kappa shape index (κ3) is 2.70. The van der Waals surface area contributed by atoms with Gasteiger partial charge in [-0.3, -0.25) is 4.79 Å². The Bertz CT molecular complexity index is 384. The van der Waals surface area contributed by atoms with Gasteiger partial charge in [-0.15, -0.1) is 0 Å². The van der Waals surface area contributed by atoms with Gasteiger partial charge in [0.25, 0.3) is 0 Å². The van der Waals surface area contributed by atoms with Gasteiger partial charge in [-0.05, 0) is 32.3 Å². The summed E-state index contributed by atoms with van der Waals surface area (Å²) in [6.45, 7) is 4.07. The van der Waals surface area contributed by atoms with Gasteiger partial charge < -0.3 is 4.74 Å². The minimum Gasteiger partial charge on any atom is -0.367 e. The average Bonchev–Trinajstić information content (AvgIpc) is 2.65. The lowest BCUT2D eigenvalue weighted by Gasteiger charge is -2.10. The molecule has 86 valence electrons. The van der Waals surface area contributed by atoms with Crippen molar-refractivity contribution in [3.8, 4) is 0 Å². The molecule has 1 aliphatic heterocycles. The van der Waals surface area contributed by atoms with Crippen LogP contribution in [0.4, 0.5) is 0 Å². The Kier molecular flexibility index (Phi) is 3.39. The quantitative estimate of drug-likeness (QED) is 0.779. The molecule has 1 aromatic rings. The van der Waals surface area contributed by atoms with Crippen LogP contribution in [0.1, 0.15) is 30.9 Å². The number of rotatable bonds is 3. The maximum absolute atomic E-state index is 11.9. The molecule has 2 heteroatoms. The molecule has 1 heterocycles. The number of hydrogen-bond donors (Lipinski definition) is 0. The molecule has 1 saturated heterocycles. The van der Waals surface area contributed by atoms with Gasteiger partial charge in [-0.2, -0.15) is 0 Å². The number of carbonyl (C=O) groups is 1. The Labute approximate surface area is 96.6 Å². The van der Waals surface area contributed by atoms with Gasteiger partial charge in [0.2, 0.25) is 0 Å². The molecule has 0 amide bonds. The molecule has 2 unspecified atom stereocenters. The summed E-state index contributed by atoms with van der Waals surface area (Å²) >= 11 is 0. The zero-order chi connectivity index (χ0) is 11.5. The second-order valence-corrected chi connectivity index (χ2v) is 4.64. The number of hydrogen-bond acceptors (Lipinski definition) is 2. The van der Waals surface area contributed by atoms with E-state index >= 15 is 0 Å². The summed E-state index contributed by atoms with van der Waals surface area (Å²) < 4.78 is 5.58. The summed E-state index contributed by atoms with van der Waals surface area (Å²) in [4.78, 5) is 11.9. The smallest absolute Gasteiger partial charge is 0.165 e. The summed E-state index contributed by atoms with van der Waals surface area (Å²) in [5.74, 6) is 0.218. The first kappa shape index (κ1) is 11.3. The van der Waals surface area contributed by atoms with Crippen molar-refractivity contribution in [1.29, 1.82) is 0 Å². The van der Waals surface area contributed by atoms with Crippen molar-refractivity contribution < 1.29 is 9.53 Å². The van der Waals surface area contributed by atoms with Crippen molar-refractivity contribution in [3.63, 3.8) is 0 Å². The number of benzene rings is 1. The molecule has 0 N–H and O–H groups in total.